The minimum absolute atomic E-state index is 0.0388. The highest BCUT2D eigenvalue weighted by atomic mass is 19.4. The molecule has 22 heavy (non-hydrogen) atoms. The topological polar surface area (TPSA) is 44.1 Å². The van der Waals surface area contributed by atoms with Gasteiger partial charge < -0.3 is 4.90 Å². The van der Waals surface area contributed by atoms with Gasteiger partial charge in [0.05, 0.1) is 11.6 Å². The van der Waals surface area contributed by atoms with Gasteiger partial charge in [0.25, 0.3) is 0 Å². The molecule has 0 atom stereocenters. The molecule has 0 aromatic heterocycles. The fourth-order valence-corrected chi connectivity index (χ4v) is 2.98. The maximum Gasteiger partial charge on any atom is 0.416 e. The number of benzene rings is 1. The van der Waals surface area contributed by atoms with Gasteiger partial charge in [0.2, 0.25) is 5.91 Å². The van der Waals surface area contributed by atoms with Gasteiger partial charge >= 0.3 is 6.18 Å². The quantitative estimate of drug-likeness (QED) is 0.853. The molecule has 1 aromatic carbocycles. The molecule has 118 valence electrons. The van der Waals surface area contributed by atoms with E-state index in [-0.39, 0.29) is 18.0 Å². The third-order valence-corrected chi connectivity index (χ3v) is 4.16. The number of alkyl halides is 3. The lowest BCUT2D eigenvalue weighted by Crippen LogP contribution is -2.39. The Hall–Kier alpha value is -2.03. The summed E-state index contributed by atoms with van der Waals surface area (Å²) < 4.78 is 39.0. The Balaban J connectivity index is 2.21. The van der Waals surface area contributed by atoms with E-state index < -0.39 is 17.2 Å². The van der Waals surface area contributed by atoms with Crippen LogP contribution in [0.25, 0.3) is 0 Å². The van der Waals surface area contributed by atoms with Crippen molar-refractivity contribution in [3.8, 4) is 6.07 Å². The number of hydrogen-bond donors (Lipinski definition) is 0. The molecule has 1 saturated carbocycles. The first kappa shape index (κ1) is 16.3. The van der Waals surface area contributed by atoms with E-state index >= 15 is 0 Å². The number of hydrogen-bond acceptors (Lipinski definition) is 2. The Labute approximate surface area is 127 Å². The maximum absolute atomic E-state index is 13.0. The predicted molar refractivity (Wildman–Crippen MR) is 74.4 cm³/mol. The van der Waals surface area contributed by atoms with Crippen LogP contribution >= 0.6 is 0 Å². The fraction of sp³-hybridized carbons (Fsp3) is 0.500. The SMILES string of the molecule is CN(Cc1ccccc1C(F)(F)F)C(=O)C1(C#N)CCCC1. The lowest BCUT2D eigenvalue weighted by molar-refractivity contribution is -0.141. The summed E-state index contributed by atoms with van der Waals surface area (Å²) in [4.78, 5) is 13.7. The minimum atomic E-state index is -4.46. The van der Waals surface area contributed by atoms with Crippen molar-refractivity contribution < 1.29 is 18.0 Å². The molecule has 0 heterocycles. The Morgan fingerprint density at radius 2 is 1.91 bits per heavy atom. The third kappa shape index (κ3) is 3.08. The van der Waals surface area contributed by atoms with Crippen molar-refractivity contribution in [1.29, 1.82) is 5.26 Å². The van der Waals surface area contributed by atoms with Crippen LogP contribution in [0.2, 0.25) is 0 Å². The zero-order valence-electron chi connectivity index (χ0n) is 12.3. The van der Waals surface area contributed by atoms with E-state index in [2.05, 4.69) is 6.07 Å². The number of nitriles is 1. The van der Waals surface area contributed by atoms with Crippen molar-refractivity contribution in [2.24, 2.45) is 5.41 Å². The minimum Gasteiger partial charge on any atom is -0.340 e. The summed E-state index contributed by atoms with van der Waals surface area (Å²) in [6.07, 6.45) is -1.90. The molecule has 2 rings (SSSR count). The molecular formula is C16H17F3N2O. The van der Waals surface area contributed by atoms with Crippen LogP contribution in [0.15, 0.2) is 24.3 Å². The average Bonchev–Trinajstić information content (AvgIpc) is 2.96. The van der Waals surface area contributed by atoms with Crippen molar-refractivity contribution in [2.75, 3.05) is 7.05 Å². The van der Waals surface area contributed by atoms with Crippen LogP contribution in [-0.2, 0) is 17.5 Å². The van der Waals surface area contributed by atoms with E-state index in [0.717, 1.165) is 18.9 Å². The highest BCUT2D eigenvalue weighted by molar-refractivity contribution is 5.85. The summed E-state index contributed by atoms with van der Waals surface area (Å²) in [5.41, 5.74) is -1.77. The van der Waals surface area contributed by atoms with Gasteiger partial charge in [-0.05, 0) is 24.5 Å². The molecule has 3 nitrogen and oxygen atoms in total. The number of rotatable bonds is 3. The van der Waals surface area contributed by atoms with Crippen molar-refractivity contribution in [2.45, 2.75) is 38.4 Å². The van der Waals surface area contributed by atoms with Crippen LogP contribution in [0.4, 0.5) is 13.2 Å². The molecule has 0 aliphatic heterocycles. The van der Waals surface area contributed by atoms with E-state index in [1.165, 1.54) is 30.1 Å². The first-order valence-electron chi connectivity index (χ1n) is 7.12. The fourth-order valence-electron chi connectivity index (χ4n) is 2.98. The Kier molecular flexibility index (Phi) is 4.45. The van der Waals surface area contributed by atoms with Gasteiger partial charge in [-0.1, -0.05) is 31.0 Å². The molecule has 0 spiro atoms. The van der Waals surface area contributed by atoms with Gasteiger partial charge in [0, 0.05) is 13.6 Å². The molecule has 1 aromatic rings. The first-order chi connectivity index (χ1) is 10.3. The lowest BCUT2D eigenvalue weighted by Gasteiger charge is -2.27. The van der Waals surface area contributed by atoms with Crippen LogP contribution in [-0.4, -0.2) is 17.9 Å². The second kappa shape index (κ2) is 5.99. The summed E-state index contributed by atoms with van der Waals surface area (Å²) in [5.74, 6) is -0.385. The van der Waals surface area contributed by atoms with Crippen LogP contribution in [0, 0.1) is 16.7 Å². The van der Waals surface area contributed by atoms with E-state index in [4.69, 9.17) is 0 Å². The van der Waals surface area contributed by atoms with Gasteiger partial charge in [-0.15, -0.1) is 0 Å². The molecule has 6 heteroatoms. The number of nitrogens with zero attached hydrogens (tertiary/aromatic N) is 2. The molecule has 1 fully saturated rings. The van der Waals surface area contributed by atoms with Crippen LogP contribution in [0.3, 0.4) is 0 Å². The van der Waals surface area contributed by atoms with Gasteiger partial charge in [-0.2, -0.15) is 18.4 Å². The van der Waals surface area contributed by atoms with Crippen LogP contribution in [0.5, 0.6) is 0 Å². The van der Waals surface area contributed by atoms with Gasteiger partial charge in [-0.3, -0.25) is 4.79 Å². The molecule has 0 bridgehead atoms. The van der Waals surface area contributed by atoms with Crippen molar-refractivity contribution in [1.82, 2.24) is 4.90 Å². The smallest absolute Gasteiger partial charge is 0.340 e. The van der Waals surface area contributed by atoms with Gasteiger partial charge in [0.1, 0.15) is 5.41 Å². The maximum atomic E-state index is 13.0. The van der Waals surface area contributed by atoms with E-state index in [1.54, 1.807) is 0 Å². The number of carbonyl (C=O) groups excluding carboxylic acids is 1. The summed E-state index contributed by atoms with van der Waals surface area (Å²) in [6.45, 7) is -0.155. The van der Waals surface area contributed by atoms with Crippen molar-refractivity contribution in [3.63, 3.8) is 0 Å². The Morgan fingerprint density at radius 3 is 2.45 bits per heavy atom. The van der Waals surface area contributed by atoms with Crippen LogP contribution in [0.1, 0.15) is 36.8 Å². The number of amides is 1. The van der Waals surface area contributed by atoms with Crippen LogP contribution < -0.4 is 0 Å². The summed E-state index contributed by atoms with van der Waals surface area (Å²) in [6, 6.07) is 7.27. The highest BCUT2D eigenvalue weighted by Gasteiger charge is 2.43. The third-order valence-electron chi connectivity index (χ3n) is 4.16. The molecule has 0 N–H and O–H groups in total. The molecule has 1 aliphatic carbocycles. The predicted octanol–water partition coefficient (Wildman–Crippen LogP) is 3.75. The second-order valence-electron chi connectivity index (χ2n) is 5.72. The molecule has 1 aliphatic rings. The average molecular weight is 310 g/mol. The monoisotopic (exact) mass is 310 g/mol. The first-order valence-corrected chi connectivity index (χ1v) is 7.12. The van der Waals surface area contributed by atoms with E-state index in [9.17, 15) is 23.2 Å². The second-order valence-corrected chi connectivity index (χ2v) is 5.72. The molecule has 0 radical (unpaired) electrons. The van der Waals surface area contributed by atoms with Gasteiger partial charge in [-0.25, -0.2) is 0 Å². The Morgan fingerprint density at radius 1 is 1.32 bits per heavy atom. The summed E-state index contributed by atoms with van der Waals surface area (Å²) in [7, 11) is 1.45. The molecule has 1 amide bonds. The zero-order chi connectivity index (χ0) is 16.4. The molecular weight excluding hydrogens is 293 g/mol. The van der Waals surface area contributed by atoms with E-state index in [0.29, 0.717) is 12.8 Å². The highest BCUT2D eigenvalue weighted by Crippen LogP contribution is 2.39. The number of carbonyl (C=O) groups is 1. The number of halogens is 3. The normalized spacial score (nSPS) is 17.0. The summed E-state index contributed by atoms with van der Waals surface area (Å²) >= 11 is 0. The zero-order valence-corrected chi connectivity index (χ0v) is 12.3. The molecule has 0 saturated heterocycles. The van der Waals surface area contributed by atoms with E-state index in [1.807, 2.05) is 0 Å². The largest absolute Gasteiger partial charge is 0.416 e. The lowest BCUT2D eigenvalue weighted by atomic mass is 9.86. The Bertz CT molecular complexity index is 598. The van der Waals surface area contributed by atoms with Crippen molar-refractivity contribution >= 4 is 5.91 Å². The summed E-state index contributed by atoms with van der Waals surface area (Å²) in [5, 5.41) is 9.31. The molecule has 0 unspecified atom stereocenters. The van der Waals surface area contributed by atoms with Crippen molar-refractivity contribution in [3.05, 3.63) is 35.4 Å². The van der Waals surface area contributed by atoms with Gasteiger partial charge in [0.15, 0.2) is 0 Å². The standard InChI is InChI=1S/C16H17F3N2O/c1-21(14(22)15(11-20)8-4-5-9-15)10-12-6-2-3-7-13(12)16(17,18)19/h2-3,6-7H,4-5,8-10H2,1H3.